The van der Waals surface area contributed by atoms with E-state index in [0.29, 0.717) is 0 Å². The first kappa shape index (κ1) is 37.0. The van der Waals surface area contributed by atoms with Crippen LogP contribution in [-0.2, 0) is 0 Å². The standard InChI is InChI=1S/2C12HF10Ge/c2*13-1-3(15)7(19)11(8(20)4(1)16)23-12-9(21)5(17)2(14)6(18)10(12)22/h2*23H. The number of hydrogen-bond donors (Lipinski definition) is 0. The predicted octanol–water partition coefficient (Wildman–Crippen LogP) is 4.93. The second-order valence-electron chi connectivity index (χ2n) is 8.22. The summed E-state index contributed by atoms with van der Waals surface area (Å²) in [6.07, 6.45) is 0. The molecule has 246 valence electrons. The molecule has 0 saturated carbocycles. The summed E-state index contributed by atoms with van der Waals surface area (Å²) < 4.78 is 257. The minimum atomic E-state index is -3.45. The Labute approximate surface area is 252 Å². The molecular formula is C24H2F20Ge2. The first-order valence-electron chi connectivity index (χ1n) is 10.9. The van der Waals surface area contributed by atoms with Crippen molar-refractivity contribution in [3.8, 4) is 0 Å². The van der Waals surface area contributed by atoms with Gasteiger partial charge in [0, 0.05) is 0 Å². The molecule has 4 aromatic rings. The summed E-state index contributed by atoms with van der Waals surface area (Å²) in [4.78, 5) is 0. The third-order valence-electron chi connectivity index (χ3n) is 5.55. The van der Waals surface area contributed by atoms with Crippen LogP contribution in [-0.4, -0.2) is 30.9 Å². The summed E-state index contributed by atoms with van der Waals surface area (Å²) in [6.45, 7) is 0. The SMILES string of the molecule is Fc1c(F)c(F)[c]([GeH][c]2c(F)c(F)c(F)c(F)c2F)c(F)c1F.Fc1c(F)c(F)[c]([GeH][c]2c(F)c(F)c(F)c(F)c2F)c(F)c1F. The van der Waals surface area contributed by atoms with Crippen LogP contribution < -0.4 is 17.6 Å². The van der Waals surface area contributed by atoms with E-state index in [1.807, 2.05) is 0 Å². The molecule has 0 aromatic heterocycles. The van der Waals surface area contributed by atoms with Crippen molar-refractivity contribution in [1.82, 2.24) is 0 Å². The molecule has 46 heavy (non-hydrogen) atoms. The molecule has 0 aliphatic heterocycles. The Hall–Kier alpha value is -3.43. The Morgan fingerprint density at radius 3 is 0.348 bits per heavy atom. The van der Waals surface area contributed by atoms with Crippen molar-refractivity contribution < 1.29 is 87.8 Å². The van der Waals surface area contributed by atoms with Gasteiger partial charge in [-0.3, -0.25) is 0 Å². The average Bonchev–Trinajstić information content (AvgIpc) is 3.04. The van der Waals surface area contributed by atoms with Crippen LogP contribution in [0.1, 0.15) is 0 Å². The topological polar surface area (TPSA) is 0 Å². The first-order valence-corrected chi connectivity index (χ1v) is 15.8. The summed E-state index contributed by atoms with van der Waals surface area (Å²) >= 11 is -6.90. The summed E-state index contributed by atoms with van der Waals surface area (Å²) in [7, 11) is 0. The Balaban J connectivity index is 0.000000250. The molecular weight excluding hydrogens is 813 g/mol. The molecule has 0 aliphatic carbocycles. The van der Waals surface area contributed by atoms with Crippen LogP contribution in [0, 0.1) is 116 Å². The van der Waals surface area contributed by atoms with Crippen molar-refractivity contribution >= 4 is 48.4 Å². The summed E-state index contributed by atoms with van der Waals surface area (Å²) in [6, 6.07) is 0. The van der Waals surface area contributed by atoms with Crippen molar-refractivity contribution in [2.75, 3.05) is 0 Å². The quantitative estimate of drug-likeness (QED) is 0.119. The van der Waals surface area contributed by atoms with Gasteiger partial charge in [-0.15, -0.1) is 0 Å². The van der Waals surface area contributed by atoms with Gasteiger partial charge in [0.2, 0.25) is 0 Å². The van der Waals surface area contributed by atoms with Crippen LogP contribution in [0.3, 0.4) is 0 Å². The van der Waals surface area contributed by atoms with Crippen molar-refractivity contribution in [2.24, 2.45) is 0 Å². The van der Waals surface area contributed by atoms with Gasteiger partial charge < -0.3 is 0 Å². The Bertz CT molecular complexity index is 1520. The van der Waals surface area contributed by atoms with E-state index >= 15 is 0 Å². The zero-order valence-electron chi connectivity index (χ0n) is 20.7. The van der Waals surface area contributed by atoms with Crippen LogP contribution in [0.4, 0.5) is 87.8 Å². The van der Waals surface area contributed by atoms with Gasteiger partial charge in [0.05, 0.1) is 0 Å². The number of rotatable bonds is 4. The van der Waals surface area contributed by atoms with Gasteiger partial charge in [-0.05, 0) is 0 Å². The van der Waals surface area contributed by atoms with Crippen LogP contribution in [0.2, 0.25) is 0 Å². The Morgan fingerprint density at radius 2 is 0.239 bits per heavy atom. The predicted molar refractivity (Wildman–Crippen MR) is 118 cm³/mol. The van der Waals surface area contributed by atoms with E-state index < -0.39 is 165 Å². The molecule has 0 amide bonds. The summed E-state index contributed by atoms with van der Waals surface area (Å²) in [5.74, 6) is -48.0. The molecule has 4 rings (SSSR count). The maximum atomic E-state index is 13.4. The van der Waals surface area contributed by atoms with Gasteiger partial charge in [-0.2, -0.15) is 0 Å². The third-order valence-corrected chi connectivity index (χ3v) is 12.2. The molecule has 0 N–H and O–H groups in total. The third kappa shape index (κ3) is 6.28. The second-order valence-corrected chi connectivity index (χ2v) is 14.3. The number of halogens is 20. The second kappa shape index (κ2) is 13.7. The van der Waals surface area contributed by atoms with Gasteiger partial charge in [0.1, 0.15) is 0 Å². The molecule has 0 bridgehead atoms. The van der Waals surface area contributed by atoms with E-state index in [1.165, 1.54) is 0 Å². The van der Waals surface area contributed by atoms with Gasteiger partial charge in [0.15, 0.2) is 0 Å². The molecule has 0 saturated heterocycles. The normalized spacial score (nSPS) is 11.2. The van der Waals surface area contributed by atoms with Gasteiger partial charge in [-0.1, -0.05) is 0 Å². The van der Waals surface area contributed by atoms with E-state index in [1.54, 1.807) is 0 Å². The molecule has 2 radical (unpaired) electrons. The van der Waals surface area contributed by atoms with Crippen molar-refractivity contribution in [1.29, 1.82) is 0 Å². The molecule has 0 atom stereocenters. The van der Waals surface area contributed by atoms with Gasteiger partial charge >= 0.3 is 253 Å². The molecule has 0 spiro atoms. The Kier molecular flexibility index (Phi) is 11.1. The van der Waals surface area contributed by atoms with E-state index in [2.05, 4.69) is 0 Å². The molecule has 4 aromatic carbocycles. The first-order chi connectivity index (χ1) is 21.2. The van der Waals surface area contributed by atoms with E-state index in [9.17, 15) is 87.8 Å². The van der Waals surface area contributed by atoms with Crippen LogP contribution in [0.25, 0.3) is 0 Å². The van der Waals surface area contributed by atoms with Crippen molar-refractivity contribution in [2.45, 2.75) is 0 Å². The van der Waals surface area contributed by atoms with E-state index in [4.69, 9.17) is 0 Å². The fourth-order valence-corrected chi connectivity index (χ4v) is 8.75. The molecule has 0 fully saturated rings. The number of hydrogen-bond acceptors (Lipinski definition) is 0. The summed E-state index contributed by atoms with van der Waals surface area (Å²) in [5, 5.41) is 0. The zero-order chi connectivity index (χ0) is 35.3. The average molecular weight is 815 g/mol. The molecule has 0 aliphatic rings. The fourth-order valence-electron chi connectivity index (χ4n) is 3.28. The van der Waals surface area contributed by atoms with Crippen molar-refractivity contribution in [3.05, 3.63) is 116 Å². The van der Waals surface area contributed by atoms with Crippen LogP contribution in [0.15, 0.2) is 0 Å². The van der Waals surface area contributed by atoms with Crippen LogP contribution in [0.5, 0.6) is 0 Å². The summed E-state index contributed by atoms with van der Waals surface area (Å²) in [5.41, 5.74) is 0. The van der Waals surface area contributed by atoms with Gasteiger partial charge in [0.25, 0.3) is 0 Å². The monoisotopic (exact) mass is 818 g/mol. The zero-order valence-corrected chi connectivity index (χ0v) is 25.6. The fraction of sp³-hybridized carbons (Fsp3) is 0. The van der Waals surface area contributed by atoms with E-state index in [0.717, 1.165) is 0 Å². The van der Waals surface area contributed by atoms with E-state index in [-0.39, 0.29) is 0 Å². The molecule has 22 heteroatoms. The molecule has 0 nitrogen and oxygen atoms in total. The Morgan fingerprint density at radius 1 is 0.152 bits per heavy atom. The molecule has 0 unspecified atom stereocenters. The van der Waals surface area contributed by atoms with Gasteiger partial charge in [-0.25, -0.2) is 0 Å². The van der Waals surface area contributed by atoms with Crippen LogP contribution >= 0.6 is 0 Å². The minimum absolute atomic E-state index is 1.58. The van der Waals surface area contributed by atoms with Crippen molar-refractivity contribution in [3.63, 3.8) is 0 Å². The maximum absolute atomic E-state index is 13.4. The number of benzene rings is 4. The molecule has 0 heterocycles.